The number of rotatable bonds is 2. The summed E-state index contributed by atoms with van der Waals surface area (Å²) < 4.78 is 0. The van der Waals surface area contributed by atoms with Gasteiger partial charge in [-0.3, -0.25) is 15.6 Å². The van der Waals surface area contributed by atoms with Gasteiger partial charge in [-0.25, -0.2) is 0 Å². The van der Waals surface area contributed by atoms with Crippen molar-refractivity contribution in [3.63, 3.8) is 0 Å². The largest absolute Gasteiger partial charge is 0.353 e. The van der Waals surface area contributed by atoms with Gasteiger partial charge in [0.15, 0.2) is 0 Å². The number of aryl methyl sites for hydroxylation is 1. The van der Waals surface area contributed by atoms with Crippen molar-refractivity contribution in [3.05, 3.63) is 35.4 Å². The summed E-state index contributed by atoms with van der Waals surface area (Å²) in [5, 5.41) is 3.35. The lowest BCUT2D eigenvalue weighted by molar-refractivity contribution is -0.123. The van der Waals surface area contributed by atoms with Crippen molar-refractivity contribution in [1.82, 2.24) is 16.2 Å². The first-order valence-corrected chi connectivity index (χ1v) is 8.68. The van der Waals surface area contributed by atoms with Gasteiger partial charge in [0, 0.05) is 18.6 Å². The number of hydrogen-bond donors (Lipinski definition) is 3. The fourth-order valence-corrected chi connectivity index (χ4v) is 4.46. The summed E-state index contributed by atoms with van der Waals surface area (Å²) >= 11 is 0. The molecule has 118 valence electrons. The summed E-state index contributed by atoms with van der Waals surface area (Å²) in [7, 11) is 0. The number of benzene rings is 1. The van der Waals surface area contributed by atoms with Crippen LogP contribution in [0.5, 0.6) is 0 Å². The fraction of sp³-hybridized carbons (Fsp3) is 0.611. The van der Waals surface area contributed by atoms with Crippen LogP contribution >= 0.6 is 0 Å². The third-order valence-corrected chi connectivity index (χ3v) is 5.67. The molecule has 1 aromatic rings. The number of amides is 1. The molecule has 1 saturated heterocycles. The van der Waals surface area contributed by atoms with E-state index >= 15 is 0 Å². The monoisotopic (exact) mass is 299 g/mol. The Morgan fingerprint density at radius 2 is 2.09 bits per heavy atom. The molecule has 4 nitrogen and oxygen atoms in total. The highest BCUT2D eigenvalue weighted by atomic mass is 16.1. The molecule has 0 radical (unpaired) electrons. The van der Waals surface area contributed by atoms with Gasteiger partial charge in [-0.05, 0) is 55.6 Å². The average molecular weight is 299 g/mol. The Balaban J connectivity index is 1.42. The van der Waals surface area contributed by atoms with E-state index in [1.165, 1.54) is 11.1 Å². The third-order valence-electron chi connectivity index (χ3n) is 5.67. The molecule has 4 unspecified atom stereocenters. The summed E-state index contributed by atoms with van der Waals surface area (Å²) in [5.74, 6) is 0.967. The molecule has 1 aromatic carbocycles. The Hall–Kier alpha value is -1.39. The highest BCUT2D eigenvalue weighted by Crippen LogP contribution is 2.33. The maximum Gasteiger partial charge on any atom is 0.227 e. The van der Waals surface area contributed by atoms with E-state index in [0.29, 0.717) is 18.0 Å². The Bertz CT molecular complexity index is 559. The third kappa shape index (κ3) is 2.66. The van der Waals surface area contributed by atoms with Crippen LogP contribution in [0, 0.1) is 5.92 Å². The van der Waals surface area contributed by atoms with Crippen molar-refractivity contribution in [3.8, 4) is 0 Å². The van der Waals surface area contributed by atoms with Crippen LogP contribution in [0.3, 0.4) is 0 Å². The topological polar surface area (TPSA) is 53.2 Å². The maximum absolute atomic E-state index is 12.8. The number of carbonyl (C=O) groups excluding carboxylic acids is 1. The van der Waals surface area contributed by atoms with Crippen molar-refractivity contribution in [2.24, 2.45) is 5.92 Å². The van der Waals surface area contributed by atoms with E-state index in [-0.39, 0.29) is 11.8 Å². The van der Waals surface area contributed by atoms with Crippen molar-refractivity contribution in [1.29, 1.82) is 0 Å². The first-order valence-electron chi connectivity index (χ1n) is 8.68. The van der Waals surface area contributed by atoms with Crippen LogP contribution in [-0.4, -0.2) is 24.5 Å². The van der Waals surface area contributed by atoms with Gasteiger partial charge in [0.1, 0.15) is 0 Å². The summed E-state index contributed by atoms with van der Waals surface area (Å²) in [6.45, 7) is 1.03. The first-order chi connectivity index (χ1) is 10.8. The molecule has 3 aliphatic rings. The molecule has 4 atom stereocenters. The SMILES string of the molecule is O=C(NC1CCC2NNCC2C1)C1CCCc2ccccc21. The van der Waals surface area contributed by atoms with E-state index in [4.69, 9.17) is 0 Å². The molecule has 2 aliphatic carbocycles. The van der Waals surface area contributed by atoms with Crippen LogP contribution < -0.4 is 16.2 Å². The molecule has 2 fully saturated rings. The van der Waals surface area contributed by atoms with Gasteiger partial charge in [-0.2, -0.15) is 0 Å². The van der Waals surface area contributed by atoms with Crippen molar-refractivity contribution in [2.75, 3.05) is 6.54 Å². The molecular formula is C18H25N3O. The van der Waals surface area contributed by atoms with Gasteiger partial charge in [-0.15, -0.1) is 0 Å². The molecule has 1 amide bonds. The van der Waals surface area contributed by atoms with Crippen LogP contribution in [-0.2, 0) is 11.2 Å². The van der Waals surface area contributed by atoms with Crippen LogP contribution in [0.25, 0.3) is 0 Å². The molecule has 22 heavy (non-hydrogen) atoms. The smallest absolute Gasteiger partial charge is 0.227 e. The lowest BCUT2D eigenvalue weighted by Crippen LogP contribution is -2.45. The van der Waals surface area contributed by atoms with E-state index in [0.717, 1.165) is 45.1 Å². The minimum absolute atomic E-state index is 0.0579. The maximum atomic E-state index is 12.8. The van der Waals surface area contributed by atoms with Crippen molar-refractivity contribution < 1.29 is 4.79 Å². The summed E-state index contributed by atoms with van der Waals surface area (Å²) in [4.78, 5) is 12.8. The number of carbonyl (C=O) groups is 1. The molecule has 0 spiro atoms. The van der Waals surface area contributed by atoms with Crippen LogP contribution in [0.4, 0.5) is 0 Å². The molecule has 4 rings (SSSR count). The normalized spacial score (nSPS) is 33.8. The highest BCUT2D eigenvalue weighted by Gasteiger charge is 2.35. The summed E-state index contributed by atoms with van der Waals surface area (Å²) in [5.41, 5.74) is 9.21. The first kappa shape index (κ1) is 14.2. The summed E-state index contributed by atoms with van der Waals surface area (Å²) in [6.07, 6.45) is 6.58. The number of fused-ring (bicyclic) bond motifs is 2. The van der Waals surface area contributed by atoms with E-state index < -0.39 is 0 Å². The van der Waals surface area contributed by atoms with Crippen LogP contribution in [0.15, 0.2) is 24.3 Å². The predicted molar refractivity (Wildman–Crippen MR) is 86.3 cm³/mol. The zero-order valence-corrected chi connectivity index (χ0v) is 13.0. The zero-order chi connectivity index (χ0) is 14.9. The molecule has 3 N–H and O–H groups in total. The average Bonchev–Trinajstić information content (AvgIpc) is 3.02. The summed E-state index contributed by atoms with van der Waals surface area (Å²) in [6, 6.07) is 9.41. The minimum Gasteiger partial charge on any atom is -0.353 e. The van der Waals surface area contributed by atoms with Crippen LogP contribution in [0.1, 0.15) is 49.1 Å². The molecule has 1 aliphatic heterocycles. The highest BCUT2D eigenvalue weighted by molar-refractivity contribution is 5.84. The van der Waals surface area contributed by atoms with Crippen molar-refractivity contribution in [2.45, 2.75) is 56.5 Å². The minimum atomic E-state index is 0.0579. The second kappa shape index (κ2) is 6.01. The van der Waals surface area contributed by atoms with E-state index in [1.54, 1.807) is 0 Å². The lowest BCUT2D eigenvalue weighted by atomic mass is 9.80. The second-order valence-corrected chi connectivity index (χ2v) is 7.05. The standard InChI is InChI=1S/C18H25N3O/c22-18(16-7-3-5-12-4-1-2-6-15(12)16)20-14-8-9-17-13(10-14)11-19-21-17/h1-2,4,6,13-14,16-17,19,21H,3,5,7-11H2,(H,20,22). The van der Waals surface area contributed by atoms with Gasteiger partial charge in [0.25, 0.3) is 0 Å². The number of hydrogen-bond acceptors (Lipinski definition) is 3. The Kier molecular flexibility index (Phi) is 3.89. The molecule has 0 aromatic heterocycles. The van der Waals surface area contributed by atoms with Crippen LogP contribution in [0.2, 0.25) is 0 Å². The Morgan fingerprint density at radius 3 is 3.05 bits per heavy atom. The molecule has 1 saturated carbocycles. The second-order valence-electron chi connectivity index (χ2n) is 7.05. The van der Waals surface area contributed by atoms with Gasteiger partial charge in [0.05, 0.1) is 5.92 Å². The van der Waals surface area contributed by atoms with E-state index in [9.17, 15) is 4.79 Å². The number of hydrazine groups is 1. The van der Waals surface area contributed by atoms with Gasteiger partial charge < -0.3 is 5.32 Å². The zero-order valence-electron chi connectivity index (χ0n) is 13.0. The lowest BCUT2D eigenvalue weighted by Gasteiger charge is -2.33. The van der Waals surface area contributed by atoms with E-state index in [2.05, 4.69) is 40.4 Å². The molecule has 0 bridgehead atoms. The molecular weight excluding hydrogens is 274 g/mol. The Labute approximate surface area is 132 Å². The quantitative estimate of drug-likeness (QED) is 0.781. The molecule has 4 heteroatoms. The fourth-order valence-electron chi connectivity index (χ4n) is 4.46. The van der Waals surface area contributed by atoms with Crippen molar-refractivity contribution >= 4 is 5.91 Å². The molecule has 1 heterocycles. The van der Waals surface area contributed by atoms with Gasteiger partial charge in [-0.1, -0.05) is 24.3 Å². The number of nitrogens with one attached hydrogen (secondary N) is 3. The van der Waals surface area contributed by atoms with Gasteiger partial charge >= 0.3 is 0 Å². The Morgan fingerprint density at radius 1 is 1.18 bits per heavy atom. The van der Waals surface area contributed by atoms with Gasteiger partial charge in [0.2, 0.25) is 5.91 Å². The van der Waals surface area contributed by atoms with E-state index in [1.807, 2.05) is 0 Å². The predicted octanol–water partition coefficient (Wildman–Crippen LogP) is 1.87.